The first kappa shape index (κ1) is 15.8. The van der Waals surface area contributed by atoms with Gasteiger partial charge in [-0.15, -0.1) is 0 Å². The van der Waals surface area contributed by atoms with E-state index in [-0.39, 0.29) is 6.10 Å². The predicted molar refractivity (Wildman–Crippen MR) is 82.9 cm³/mol. The van der Waals surface area contributed by atoms with Crippen LogP contribution in [-0.4, -0.2) is 35.6 Å². The minimum Gasteiger partial charge on any atom is -0.457 e. The number of benzene rings is 1. The lowest BCUT2D eigenvalue weighted by Gasteiger charge is -2.11. The van der Waals surface area contributed by atoms with E-state index in [2.05, 4.69) is 16.9 Å². The van der Waals surface area contributed by atoms with E-state index in [1.807, 2.05) is 30.3 Å². The van der Waals surface area contributed by atoms with Crippen LogP contribution >= 0.6 is 0 Å². The van der Waals surface area contributed by atoms with Gasteiger partial charge in [-0.25, -0.2) is 9.48 Å². The normalized spacial score (nSPS) is 11.4. The minimum absolute atomic E-state index is 0.333. The zero-order chi connectivity index (χ0) is 15.9. The molecule has 0 N–H and O–H groups in total. The van der Waals surface area contributed by atoms with Crippen LogP contribution in [0, 0.1) is 11.8 Å². The molecule has 0 amide bonds. The first-order chi connectivity index (χ1) is 10.7. The Hall–Kier alpha value is -2.58. The van der Waals surface area contributed by atoms with Crippen molar-refractivity contribution in [3.8, 4) is 17.5 Å². The van der Waals surface area contributed by atoms with E-state index >= 15 is 0 Å². The minimum atomic E-state index is -0.454. The van der Waals surface area contributed by atoms with Crippen molar-refractivity contribution in [3.05, 3.63) is 47.8 Å². The molecule has 1 aromatic heterocycles. The molecule has 1 unspecified atom stereocenters. The molecule has 0 radical (unpaired) electrons. The highest BCUT2D eigenvalue weighted by Crippen LogP contribution is 2.14. The average molecular weight is 298 g/mol. The van der Waals surface area contributed by atoms with Crippen LogP contribution in [-0.2, 0) is 9.47 Å². The Morgan fingerprint density at radius 1 is 1.36 bits per heavy atom. The van der Waals surface area contributed by atoms with Crippen LogP contribution < -0.4 is 0 Å². The zero-order valence-electron chi connectivity index (χ0n) is 12.9. The summed E-state index contributed by atoms with van der Waals surface area (Å²) in [6, 6.07) is 9.53. The number of hydrogen-bond acceptors (Lipinski definition) is 4. The van der Waals surface area contributed by atoms with Gasteiger partial charge < -0.3 is 9.47 Å². The molecule has 5 nitrogen and oxygen atoms in total. The van der Waals surface area contributed by atoms with Gasteiger partial charge in [-0.3, -0.25) is 0 Å². The van der Waals surface area contributed by atoms with E-state index in [1.54, 1.807) is 31.8 Å². The molecule has 0 saturated carbocycles. The molecular formula is C17H18N2O3. The lowest BCUT2D eigenvalue weighted by atomic mass is 10.2. The number of esters is 1. The largest absolute Gasteiger partial charge is 0.457 e. The standard InChI is InChI=1S/C17H18N2O3/c1-4-8-16-15(17(20)22-13(2)12-21-3)11-19(18-16)14-9-6-5-7-10-14/h5-7,9-11,13H,12H2,1-3H3. The molecule has 0 bridgehead atoms. The number of aromatic nitrogens is 2. The Balaban J connectivity index is 2.31. The zero-order valence-corrected chi connectivity index (χ0v) is 12.9. The number of para-hydroxylation sites is 1. The molecule has 2 rings (SSSR count). The number of rotatable bonds is 5. The van der Waals surface area contributed by atoms with E-state index in [0.717, 1.165) is 5.69 Å². The van der Waals surface area contributed by atoms with Crippen LogP contribution in [0.2, 0.25) is 0 Å². The number of ether oxygens (including phenoxy) is 2. The molecule has 0 aliphatic heterocycles. The summed E-state index contributed by atoms with van der Waals surface area (Å²) in [5.74, 6) is 5.15. The van der Waals surface area contributed by atoms with Crippen molar-refractivity contribution in [2.45, 2.75) is 20.0 Å². The molecular weight excluding hydrogens is 280 g/mol. The molecule has 114 valence electrons. The molecule has 1 atom stereocenters. The topological polar surface area (TPSA) is 53.4 Å². The van der Waals surface area contributed by atoms with Crippen molar-refractivity contribution in [3.63, 3.8) is 0 Å². The fraction of sp³-hybridized carbons (Fsp3) is 0.294. The fourth-order valence-corrected chi connectivity index (χ4v) is 1.96. The number of hydrogen-bond donors (Lipinski definition) is 0. The molecule has 1 aromatic carbocycles. The van der Waals surface area contributed by atoms with Gasteiger partial charge in [0.05, 0.1) is 12.3 Å². The molecule has 0 aliphatic rings. The second-order valence-corrected chi connectivity index (χ2v) is 4.72. The Morgan fingerprint density at radius 2 is 2.09 bits per heavy atom. The molecule has 22 heavy (non-hydrogen) atoms. The van der Waals surface area contributed by atoms with Crippen molar-refractivity contribution in [1.29, 1.82) is 0 Å². The fourth-order valence-electron chi connectivity index (χ4n) is 1.96. The number of nitrogens with zero attached hydrogens (tertiary/aromatic N) is 2. The highest BCUT2D eigenvalue weighted by atomic mass is 16.6. The maximum absolute atomic E-state index is 12.3. The summed E-state index contributed by atoms with van der Waals surface area (Å²) in [4.78, 5) is 12.3. The third-order valence-electron chi connectivity index (χ3n) is 2.91. The van der Waals surface area contributed by atoms with E-state index < -0.39 is 5.97 Å². The maximum Gasteiger partial charge on any atom is 0.343 e. The Bertz CT molecular complexity index is 696. The lowest BCUT2D eigenvalue weighted by molar-refractivity contribution is 0.0120. The Kier molecular flexibility index (Phi) is 5.34. The smallest absolute Gasteiger partial charge is 0.343 e. The van der Waals surface area contributed by atoms with Crippen LogP contribution in [0.1, 0.15) is 29.9 Å². The number of carbonyl (C=O) groups excluding carboxylic acids is 1. The molecule has 1 heterocycles. The van der Waals surface area contributed by atoms with Crippen LogP contribution in [0.3, 0.4) is 0 Å². The van der Waals surface area contributed by atoms with Gasteiger partial charge in [-0.05, 0) is 31.9 Å². The third-order valence-corrected chi connectivity index (χ3v) is 2.91. The molecule has 2 aromatic rings. The van der Waals surface area contributed by atoms with E-state index in [9.17, 15) is 4.79 Å². The summed E-state index contributed by atoms with van der Waals surface area (Å²) >= 11 is 0. The second-order valence-electron chi connectivity index (χ2n) is 4.72. The second kappa shape index (κ2) is 7.43. The molecule has 0 fully saturated rings. The summed E-state index contributed by atoms with van der Waals surface area (Å²) in [6.45, 7) is 3.81. The average Bonchev–Trinajstić information content (AvgIpc) is 2.93. The van der Waals surface area contributed by atoms with E-state index in [4.69, 9.17) is 9.47 Å². The van der Waals surface area contributed by atoms with Crippen LogP contribution in [0.5, 0.6) is 0 Å². The van der Waals surface area contributed by atoms with Crippen LogP contribution in [0.25, 0.3) is 5.69 Å². The van der Waals surface area contributed by atoms with Gasteiger partial charge in [0.25, 0.3) is 0 Å². The monoisotopic (exact) mass is 298 g/mol. The molecule has 0 spiro atoms. The SMILES string of the molecule is CC#Cc1nn(-c2ccccc2)cc1C(=O)OC(C)COC. The van der Waals surface area contributed by atoms with Gasteiger partial charge in [0.1, 0.15) is 17.4 Å². The van der Waals surface area contributed by atoms with Gasteiger partial charge in [0, 0.05) is 13.3 Å². The van der Waals surface area contributed by atoms with Crippen molar-refractivity contribution >= 4 is 5.97 Å². The van der Waals surface area contributed by atoms with Crippen molar-refractivity contribution in [1.82, 2.24) is 9.78 Å². The van der Waals surface area contributed by atoms with Crippen molar-refractivity contribution < 1.29 is 14.3 Å². The number of methoxy groups -OCH3 is 1. The van der Waals surface area contributed by atoms with E-state index in [1.165, 1.54) is 0 Å². The highest BCUT2D eigenvalue weighted by Gasteiger charge is 2.19. The summed E-state index contributed by atoms with van der Waals surface area (Å²) in [7, 11) is 1.56. The molecule has 0 saturated heterocycles. The summed E-state index contributed by atoms with van der Waals surface area (Å²) in [5.41, 5.74) is 1.60. The van der Waals surface area contributed by atoms with Gasteiger partial charge in [0.15, 0.2) is 0 Å². The van der Waals surface area contributed by atoms with Gasteiger partial charge in [-0.2, -0.15) is 5.10 Å². The van der Waals surface area contributed by atoms with Gasteiger partial charge in [0.2, 0.25) is 0 Å². The predicted octanol–water partition coefficient (Wildman–Crippen LogP) is 2.44. The summed E-state index contributed by atoms with van der Waals surface area (Å²) in [5, 5.41) is 4.36. The first-order valence-electron chi connectivity index (χ1n) is 6.93. The summed E-state index contributed by atoms with van der Waals surface area (Å²) in [6.07, 6.45) is 1.30. The van der Waals surface area contributed by atoms with Crippen LogP contribution in [0.15, 0.2) is 36.5 Å². The molecule has 0 aliphatic carbocycles. The molecule has 5 heteroatoms. The van der Waals surface area contributed by atoms with Gasteiger partial charge >= 0.3 is 5.97 Å². The van der Waals surface area contributed by atoms with Crippen molar-refractivity contribution in [2.24, 2.45) is 0 Å². The summed E-state index contributed by atoms with van der Waals surface area (Å²) < 4.78 is 11.9. The highest BCUT2D eigenvalue weighted by molar-refractivity contribution is 5.91. The Morgan fingerprint density at radius 3 is 2.73 bits per heavy atom. The van der Waals surface area contributed by atoms with Gasteiger partial charge in [-0.1, -0.05) is 24.1 Å². The first-order valence-corrected chi connectivity index (χ1v) is 6.93. The van der Waals surface area contributed by atoms with Crippen molar-refractivity contribution in [2.75, 3.05) is 13.7 Å². The maximum atomic E-state index is 12.3. The Labute approximate surface area is 129 Å². The van der Waals surface area contributed by atoms with E-state index in [0.29, 0.717) is 17.9 Å². The number of carbonyl (C=O) groups is 1. The quantitative estimate of drug-likeness (QED) is 0.628. The third kappa shape index (κ3) is 3.74. The lowest BCUT2D eigenvalue weighted by Crippen LogP contribution is -2.19. The van der Waals surface area contributed by atoms with Crippen LogP contribution in [0.4, 0.5) is 0 Å².